The Kier molecular flexibility index (Phi) is 20.3. The zero-order valence-electron chi connectivity index (χ0n) is 25.7. The summed E-state index contributed by atoms with van der Waals surface area (Å²) in [6, 6.07) is 0. The predicted octanol–water partition coefficient (Wildman–Crippen LogP) is -1.70. The first-order valence-electron chi connectivity index (χ1n) is 15.3. The summed E-state index contributed by atoms with van der Waals surface area (Å²) in [5.41, 5.74) is 5.10. The molecule has 0 radical (unpaired) electrons. The van der Waals surface area contributed by atoms with Crippen LogP contribution in [0.1, 0.15) is 51.4 Å². The Morgan fingerprint density at radius 2 is 0.818 bits per heavy atom. The van der Waals surface area contributed by atoms with Crippen molar-refractivity contribution in [3.63, 3.8) is 0 Å². The van der Waals surface area contributed by atoms with Gasteiger partial charge in [0.25, 0.3) is 0 Å². The number of hydrogen-bond acceptors (Lipinski definition) is 10. The van der Waals surface area contributed by atoms with Gasteiger partial charge in [0, 0.05) is 78.3 Å². The van der Waals surface area contributed by atoms with Gasteiger partial charge in [0.2, 0.25) is 17.7 Å². The zero-order chi connectivity index (χ0) is 32.7. The van der Waals surface area contributed by atoms with E-state index in [9.17, 15) is 44.1 Å². The first kappa shape index (κ1) is 38.7. The second kappa shape index (κ2) is 23.1. The molecule has 3 amide bonds. The van der Waals surface area contributed by atoms with Gasteiger partial charge >= 0.3 is 17.9 Å². The molecule has 0 aliphatic carbocycles. The second-order valence-corrected chi connectivity index (χ2v) is 11.1. The maximum absolute atomic E-state index is 12.7. The number of aliphatic carboxylic acids is 3. The van der Waals surface area contributed by atoms with Gasteiger partial charge in [-0.05, 0) is 25.7 Å². The number of nitrogens with two attached hydrogens (primary N) is 1. The van der Waals surface area contributed by atoms with E-state index in [0.29, 0.717) is 91.1 Å². The van der Waals surface area contributed by atoms with Gasteiger partial charge in [-0.3, -0.25) is 48.4 Å². The number of amides is 3. The zero-order valence-corrected chi connectivity index (χ0v) is 25.7. The number of carboxylic acid groups (broad SMARTS) is 3. The summed E-state index contributed by atoms with van der Waals surface area (Å²) in [5, 5.41) is 33.7. The molecular formula is C28H51N7O9. The van der Waals surface area contributed by atoms with Gasteiger partial charge < -0.3 is 31.7 Å². The maximum atomic E-state index is 12.7. The van der Waals surface area contributed by atoms with Crippen LogP contribution in [0.2, 0.25) is 0 Å². The molecule has 0 aromatic heterocycles. The lowest BCUT2D eigenvalue weighted by molar-refractivity contribution is -0.140. The van der Waals surface area contributed by atoms with Crippen LogP contribution in [0, 0.1) is 0 Å². The molecule has 1 heterocycles. The molecule has 1 rings (SSSR count). The Balaban J connectivity index is 2.51. The summed E-state index contributed by atoms with van der Waals surface area (Å²) in [6.45, 7) is 3.08. The van der Waals surface area contributed by atoms with Crippen molar-refractivity contribution in [3.8, 4) is 0 Å². The molecule has 44 heavy (non-hydrogen) atoms. The van der Waals surface area contributed by atoms with Crippen LogP contribution in [-0.2, 0) is 28.8 Å². The van der Waals surface area contributed by atoms with E-state index in [2.05, 4.69) is 10.6 Å². The highest BCUT2D eigenvalue weighted by molar-refractivity contribution is 5.78. The lowest BCUT2D eigenvalue weighted by Gasteiger charge is -2.32. The van der Waals surface area contributed by atoms with Crippen LogP contribution in [0.5, 0.6) is 0 Å². The topological polar surface area (TPSA) is 226 Å². The number of nitrogens with zero attached hydrogens (tertiary/aromatic N) is 4. The highest BCUT2D eigenvalue weighted by atomic mass is 16.4. The highest BCUT2D eigenvalue weighted by Gasteiger charge is 2.21. The van der Waals surface area contributed by atoms with Gasteiger partial charge in [-0.2, -0.15) is 0 Å². The molecule has 0 atom stereocenters. The van der Waals surface area contributed by atoms with Gasteiger partial charge in [-0.25, -0.2) is 0 Å². The average Bonchev–Trinajstić information content (AvgIpc) is 2.92. The van der Waals surface area contributed by atoms with Crippen LogP contribution in [0.15, 0.2) is 0 Å². The van der Waals surface area contributed by atoms with E-state index in [-0.39, 0.29) is 43.9 Å². The quantitative estimate of drug-likeness (QED) is 0.0827. The van der Waals surface area contributed by atoms with E-state index in [1.54, 1.807) is 14.7 Å². The second-order valence-electron chi connectivity index (χ2n) is 11.1. The number of hydrogen-bond donors (Lipinski definition) is 6. The molecular weight excluding hydrogens is 578 g/mol. The van der Waals surface area contributed by atoms with Crippen molar-refractivity contribution in [2.24, 2.45) is 5.73 Å². The Morgan fingerprint density at radius 3 is 1.18 bits per heavy atom. The van der Waals surface area contributed by atoms with E-state index in [1.165, 1.54) is 0 Å². The summed E-state index contributed by atoms with van der Waals surface area (Å²) in [7, 11) is 0. The van der Waals surface area contributed by atoms with Crippen molar-refractivity contribution >= 4 is 35.6 Å². The standard InChI is InChI=1S/C28H51N7O9/c29-23(36)7-3-1-5-9-30-24(37)8-4-2-6-10-31-25(38)19-32-11-13-33(20-26(39)40)15-17-35(22-28(43)44)18-16-34(14-12-32)21-27(41)42/h1-22H2,(H2,29,36)(H,30,37)(H,31,38)(H,39,40)(H,41,42)(H,43,44). The minimum atomic E-state index is -1.02. The van der Waals surface area contributed by atoms with Crippen LogP contribution in [0.3, 0.4) is 0 Å². The fourth-order valence-corrected chi connectivity index (χ4v) is 4.78. The molecule has 0 unspecified atom stereocenters. The van der Waals surface area contributed by atoms with Gasteiger partial charge in [0.05, 0.1) is 26.2 Å². The van der Waals surface area contributed by atoms with Crippen molar-refractivity contribution in [1.82, 2.24) is 30.2 Å². The third kappa shape index (κ3) is 21.4. The Labute approximate surface area is 258 Å². The van der Waals surface area contributed by atoms with Crippen molar-refractivity contribution in [3.05, 3.63) is 0 Å². The molecule has 0 bridgehead atoms. The van der Waals surface area contributed by atoms with E-state index < -0.39 is 17.9 Å². The molecule has 16 heteroatoms. The van der Waals surface area contributed by atoms with Gasteiger partial charge in [-0.1, -0.05) is 12.8 Å². The molecule has 0 aromatic carbocycles. The first-order valence-corrected chi connectivity index (χ1v) is 15.3. The third-order valence-electron chi connectivity index (χ3n) is 7.20. The largest absolute Gasteiger partial charge is 0.480 e. The number of unbranched alkanes of at least 4 members (excludes halogenated alkanes) is 4. The molecule has 252 valence electrons. The summed E-state index contributed by atoms with van der Waals surface area (Å²) >= 11 is 0. The predicted molar refractivity (Wildman–Crippen MR) is 161 cm³/mol. The van der Waals surface area contributed by atoms with Crippen LogP contribution in [0.4, 0.5) is 0 Å². The van der Waals surface area contributed by atoms with Crippen LogP contribution in [0.25, 0.3) is 0 Å². The van der Waals surface area contributed by atoms with Crippen LogP contribution in [-0.4, -0.2) is 162 Å². The summed E-state index contributed by atoms with van der Waals surface area (Å²) in [4.78, 5) is 76.5. The number of rotatable bonds is 20. The molecule has 7 N–H and O–H groups in total. The lowest BCUT2D eigenvalue weighted by Crippen LogP contribution is -2.49. The smallest absolute Gasteiger partial charge is 0.317 e. The van der Waals surface area contributed by atoms with Crippen LogP contribution >= 0.6 is 0 Å². The van der Waals surface area contributed by atoms with Crippen molar-refractivity contribution in [1.29, 1.82) is 0 Å². The van der Waals surface area contributed by atoms with Crippen molar-refractivity contribution < 1.29 is 44.1 Å². The normalized spacial score (nSPS) is 16.4. The number of carboxylic acids is 3. The van der Waals surface area contributed by atoms with E-state index in [4.69, 9.17) is 5.73 Å². The molecule has 0 saturated carbocycles. The molecule has 1 aliphatic heterocycles. The Hall–Kier alpha value is -3.34. The monoisotopic (exact) mass is 629 g/mol. The number of nitrogens with one attached hydrogen (secondary N) is 2. The SMILES string of the molecule is NC(=O)CCCCCNC(=O)CCCCCNC(=O)CN1CCN(CC(=O)O)CCN(CC(=O)O)CCN(CC(=O)O)CC1. The van der Waals surface area contributed by atoms with Gasteiger partial charge in [0.15, 0.2) is 0 Å². The molecule has 1 aliphatic rings. The fourth-order valence-electron chi connectivity index (χ4n) is 4.78. The molecule has 0 spiro atoms. The molecule has 16 nitrogen and oxygen atoms in total. The fraction of sp³-hybridized carbons (Fsp3) is 0.786. The highest BCUT2D eigenvalue weighted by Crippen LogP contribution is 2.03. The Morgan fingerprint density at radius 1 is 0.477 bits per heavy atom. The summed E-state index contributed by atoms with van der Waals surface area (Å²) < 4.78 is 0. The molecule has 0 aromatic rings. The summed E-state index contributed by atoms with van der Waals surface area (Å²) in [6.07, 6.45) is 5.26. The van der Waals surface area contributed by atoms with Gasteiger partial charge in [-0.15, -0.1) is 0 Å². The Bertz CT molecular complexity index is 890. The van der Waals surface area contributed by atoms with E-state index >= 15 is 0 Å². The number of carbonyl (C=O) groups excluding carboxylic acids is 3. The minimum absolute atomic E-state index is 0.0253. The summed E-state index contributed by atoms with van der Waals surface area (Å²) in [5.74, 6) is -3.57. The van der Waals surface area contributed by atoms with Crippen molar-refractivity contribution in [2.45, 2.75) is 51.4 Å². The average molecular weight is 630 g/mol. The van der Waals surface area contributed by atoms with Crippen LogP contribution < -0.4 is 16.4 Å². The molecule has 1 fully saturated rings. The maximum Gasteiger partial charge on any atom is 0.317 e. The lowest BCUT2D eigenvalue weighted by atomic mass is 10.1. The van der Waals surface area contributed by atoms with E-state index in [1.807, 2.05) is 4.90 Å². The number of carbonyl (C=O) groups is 6. The minimum Gasteiger partial charge on any atom is -0.480 e. The molecule has 1 saturated heterocycles. The number of primary amides is 1. The first-order chi connectivity index (χ1) is 20.9. The third-order valence-corrected chi connectivity index (χ3v) is 7.20. The van der Waals surface area contributed by atoms with Crippen molar-refractivity contribution in [2.75, 3.05) is 91.6 Å². The van der Waals surface area contributed by atoms with Gasteiger partial charge in [0.1, 0.15) is 0 Å². The van der Waals surface area contributed by atoms with E-state index in [0.717, 1.165) is 25.7 Å².